The smallest absolute Gasteiger partial charge is 0.338 e. The number of benzene rings is 1. The largest absolute Gasteiger partial charge is 0.493 e. The van der Waals surface area contributed by atoms with Crippen LogP contribution in [0.15, 0.2) is 18.2 Å². The molecule has 1 fully saturated rings. The van der Waals surface area contributed by atoms with E-state index in [2.05, 4.69) is 0 Å². The van der Waals surface area contributed by atoms with Crippen LogP contribution < -0.4 is 9.47 Å². The van der Waals surface area contributed by atoms with Crippen LogP contribution in [0.25, 0.3) is 0 Å². The van der Waals surface area contributed by atoms with Gasteiger partial charge in [-0.15, -0.1) is 0 Å². The Labute approximate surface area is 166 Å². The van der Waals surface area contributed by atoms with Crippen molar-refractivity contribution in [1.29, 1.82) is 0 Å². The van der Waals surface area contributed by atoms with Crippen molar-refractivity contribution in [1.82, 2.24) is 4.90 Å². The summed E-state index contributed by atoms with van der Waals surface area (Å²) in [4.78, 5) is 26.4. The highest BCUT2D eigenvalue weighted by atomic mass is 16.6. The zero-order valence-electron chi connectivity index (χ0n) is 17.4. The van der Waals surface area contributed by atoms with Crippen molar-refractivity contribution in [2.45, 2.75) is 58.6 Å². The van der Waals surface area contributed by atoms with Gasteiger partial charge in [0.15, 0.2) is 11.5 Å². The lowest BCUT2D eigenvalue weighted by Gasteiger charge is -2.35. The molecular formula is C21H31NO6. The molecule has 0 amide bonds. The van der Waals surface area contributed by atoms with E-state index in [-0.39, 0.29) is 18.7 Å². The number of carbonyl (C=O) groups excluding carboxylic acids is 2. The second-order valence-electron chi connectivity index (χ2n) is 7.72. The van der Waals surface area contributed by atoms with Gasteiger partial charge < -0.3 is 18.9 Å². The fourth-order valence-electron chi connectivity index (χ4n) is 3.06. The molecule has 7 heteroatoms. The number of carbonyl (C=O) groups is 2. The molecule has 1 aliphatic rings. The lowest BCUT2D eigenvalue weighted by molar-refractivity contribution is -0.164. The Morgan fingerprint density at radius 3 is 2.57 bits per heavy atom. The fraction of sp³-hybridized carbons (Fsp3) is 0.619. The maximum atomic E-state index is 12.5. The zero-order valence-corrected chi connectivity index (χ0v) is 17.4. The summed E-state index contributed by atoms with van der Waals surface area (Å²) in [6, 6.07) is 4.59. The summed E-state index contributed by atoms with van der Waals surface area (Å²) in [7, 11) is 1.52. The third kappa shape index (κ3) is 6.12. The van der Waals surface area contributed by atoms with E-state index in [1.165, 1.54) is 7.11 Å². The number of esters is 2. The first-order chi connectivity index (χ1) is 13.2. The van der Waals surface area contributed by atoms with Gasteiger partial charge in [-0.25, -0.2) is 4.79 Å². The van der Waals surface area contributed by atoms with E-state index in [9.17, 15) is 9.59 Å². The molecule has 2 rings (SSSR count). The van der Waals surface area contributed by atoms with Crippen LogP contribution in [-0.2, 0) is 14.3 Å². The van der Waals surface area contributed by atoms with Gasteiger partial charge in [-0.1, -0.05) is 6.42 Å². The highest BCUT2D eigenvalue weighted by Gasteiger charge is 2.32. The Balaban J connectivity index is 2.06. The van der Waals surface area contributed by atoms with Crippen molar-refractivity contribution in [2.75, 3.05) is 27.0 Å². The Morgan fingerprint density at radius 1 is 1.18 bits per heavy atom. The first-order valence-corrected chi connectivity index (χ1v) is 9.70. The molecule has 0 radical (unpaired) electrons. The molecule has 1 unspecified atom stereocenters. The summed E-state index contributed by atoms with van der Waals surface area (Å²) in [5, 5.41) is 0. The van der Waals surface area contributed by atoms with Crippen molar-refractivity contribution in [3.8, 4) is 11.5 Å². The molecule has 0 saturated carbocycles. The first-order valence-electron chi connectivity index (χ1n) is 9.70. The molecule has 1 aromatic carbocycles. The second kappa shape index (κ2) is 9.78. The average Bonchev–Trinajstić information content (AvgIpc) is 2.65. The molecule has 1 saturated heterocycles. The number of piperidine rings is 1. The predicted octanol–water partition coefficient (Wildman–Crippen LogP) is 3.40. The van der Waals surface area contributed by atoms with Gasteiger partial charge in [0, 0.05) is 6.54 Å². The normalized spacial score (nSPS) is 17.7. The summed E-state index contributed by atoms with van der Waals surface area (Å²) >= 11 is 0. The highest BCUT2D eigenvalue weighted by Crippen LogP contribution is 2.29. The highest BCUT2D eigenvalue weighted by molar-refractivity contribution is 5.90. The van der Waals surface area contributed by atoms with Crippen molar-refractivity contribution in [3.05, 3.63) is 23.8 Å². The third-order valence-corrected chi connectivity index (χ3v) is 4.35. The molecule has 1 aliphatic heterocycles. The number of hydrogen-bond acceptors (Lipinski definition) is 7. The molecule has 0 spiro atoms. The molecular weight excluding hydrogens is 362 g/mol. The number of ether oxygens (including phenoxy) is 4. The first kappa shape index (κ1) is 22.0. The summed E-state index contributed by atoms with van der Waals surface area (Å²) in [6.45, 7) is 8.65. The molecule has 0 N–H and O–H groups in total. The molecule has 0 bridgehead atoms. The number of methoxy groups -OCH3 is 1. The van der Waals surface area contributed by atoms with Gasteiger partial charge in [-0.3, -0.25) is 9.69 Å². The summed E-state index contributed by atoms with van der Waals surface area (Å²) in [5.41, 5.74) is -0.122. The van der Waals surface area contributed by atoms with Crippen molar-refractivity contribution in [2.24, 2.45) is 0 Å². The van der Waals surface area contributed by atoms with E-state index in [4.69, 9.17) is 18.9 Å². The SMILES string of the molecule is CCOC(=O)c1ccc(OCN2CCCCC2C(=O)OC(C)(C)C)c(OC)c1. The van der Waals surface area contributed by atoms with Gasteiger partial charge in [-0.2, -0.15) is 0 Å². The van der Waals surface area contributed by atoms with Crippen molar-refractivity contribution in [3.63, 3.8) is 0 Å². The third-order valence-electron chi connectivity index (χ3n) is 4.35. The molecule has 7 nitrogen and oxygen atoms in total. The van der Waals surface area contributed by atoms with Crippen LogP contribution in [0.5, 0.6) is 11.5 Å². The summed E-state index contributed by atoms with van der Waals surface area (Å²) in [6.07, 6.45) is 2.73. The quantitative estimate of drug-likeness (QED) is 0.657. The Bertz CT molecular complexity index is 682. The van der Waals surface area contributed by atoms with Crippen LogP contribution in [0.3, 0.4) is 0 Å². The van der Waals surface area contributed by atoms with Gasteiger partial charge in [0.1, 0.15) is 18.4 Å². The van der Waals surface area contributed by atoms with Gasteiger partial charge >= 0.3 is 11.9 Å². The number of nitrogens with zero attached hydrogens (tertiary/aromatic N) is 1. The van der Waals surface area contributed by atoms with Crippen LogP contribution in [0, 0.1) is 0 Å². The monoisotopic (exact) mass is 393 g/mol. The van der Waals surface area contributed by atoms with Crippen LogP contribution in [0.4, 0.5) is 0 Å². The molecule has 28 heavy (non-hydrogen) atoms. The summed E-state index contributed by atoms with van der Waals surface area (Å²) < 4.78 is 21.8. The Kier molecular flexibility index (Phi) is 7.69. The molecule has 1 atom stereocenters. The molecule has 1 heterocycles. The molecule has 1 aromatic rings. The Morgan fingerprint density at radius 2 is 1.93 bits per heavy atom. The lowest BCUT2D eigenvalue weighted by Crippen LogP contribution is -2.48. The minimum atomic E-state index is -0.521. The van der Waals surface area contributed by atoms with Crippen molar-refractivity contribution >= 4 is 11.9 Å². The Hall–Kier alpha value is -2.28. The molecule has 0 aliphatic carbocycles. The zero-order chi connectivity index (χ0) is 20.7. The minimum Gasteiger partial charge on any atom is -0.493 e. The van der Waals surface area contributed by atoms with E-state index < -0.39 is 11.6 Å². The van der Waals surface area contributed by atoms with E-state index in [1.807, 2.05) is 25.7 Å². The van der Waals surface area contributed by atoms with Gasteiger partial charge in [0.25, 0.3) is 0 Å². The van der Waals surface area contributed by atoms with Crippen LogP contribution >= 0.6 is 0 Å². The van der Waals surface area contributed by atoms with Gasteiger partial charge in [-0.05, 0) is 58.7 Å². The number of rotatable bonds is 7. The maximum absolute atomic E-state index is 12.5. The predicted molar refractivity (Wildman–Crippen MR) is 105 cm³/mol. The maximum Gasteiger partial charge on any atom is 0.338 e. The minimum absolute atomic E-state index is 0.222. The van der Waals surface area contributed by atoms with Crippen LogP contribution in [0.2, 0.25) is 0 Å². The van der Waals surface area contributed by atoms with Crippen molar-refractivity contribution < 1.29 is 28.5 Å². The van der Waals surface area contributed by atoms with Crippen LogP contribution in [0.1, 0.15) is 57.3 Å². The van der Waals surface area contributed by atoms with Gasteiger partial charge in [0.2, 0.25) is 0 Å². The second-order valence-corrected chi connectivity index (χ2v) is 7.72. The van der Waals surface area contributed by atoms with E-state index in [1.54, 1.807) is 25.1 Å². The molecule has 156 valence electrons. The van der Waals surface area contributed by atoms with Crippen LogP contribution in [-0.4, -0.2) is 55.5 Å². The summed E-state index contributed by atoms with van der Waals surface area (Å²) in [5.74, 6) is 0.314. The average molecular weight is 393 g/mol. The molecule has 0 aromatic heterocycles. The number of hydrogen-bond donors (Lipinski definition) is 0. The number of likely N-dealkylation sites (tertiary alicyclic amines) is 1. The fourth-order valence-corrected chi connectivity index (χ4v) is 3.06. The lowest BCUT2D eigenvalue weighted by atomic mass is 10.0. The standard InChI is InChI=1S/C21H31NO6/c1-6-26-19(23)15-10-11-17(18(13-15)25-5)27-14-22-12-8-7-9-16(22)20(24)28-21(2,3)4/h10-11,13,16H,6-9,12,14H2,1-5H3. The van der Waals surface area contributed by atoms with Gasteiger partial charge in [0.05, 0.1) is 19.3 Å². The van der Waals surface area contributed by atoms with E-state index in [0.717, 1.165) is 25.8 Å². The topological polar surface area (TPSA) is 74.3 Å². The van der Waals surface area contributed by atoms with E-state index >= 15 is 0 Å². The van der Waals surface area contributed by atoms with E-state index in [0.29, 0.717) is 23.7 Å².